The van der Waals surface area contributed by atoms with Gasteiger partial charge in [0.2, 0.25) is 6.79 Å². The number of carboxylic acid groups (broad SMARTS) is 1. The van der Waals surface area contributed by atoms with Gasteiger partial charge in [0.15, 0.2) is 11.5 Å². The van der Waals surface area contributed by atoms with Crippen LogP contribution in [-0.4, -0.2) is 29.8 Å². The predicted octanol–water partition coefficient (Wildman–Crippen LogP) is 2.30. The largest absolute Gasteiger partial charge is 0.480 e. The van der Waals surface area contributed by atoms with Crippen molar-refractivity contribution in [3.63, 3.8) is 0 Å². The average molecular weight is 314 g/mol. The molecule has 1 amide bonds. The monoisotopic (exact) mass is 313 g/mol. The Hall–Kier alpha value is -1.95. The molecule has 6 nitrogen and oxygen atoms in total. The molecule has 114 valence electrons. The number of benzene rings is 1. The van der Waals surface area contributed by atoms with Crippen LogP contribution in [-0.2, 0) is 4.79 Å². The van der Waals surface area contributed by atoms with Gasteiger partial charge in [-0.15, -0.1) is 0 Å². The lowest BCUT2D eigenvalue weighted by molar-refractivity contribution is -0.142. The zero-order valence-corrected chi connectivity index (χ0v) is 12.7. The van der Waals surface area contributed by atoms with E-state index in [1.54, 1.807) is 20.8 Å². The first kappa shape index (κ1) is 15.4. The summed E-state index contributed by atoms with van der Waals surface area (Å²) in [5.74, 6) is -0.866. The molecule has 1 heterocycles. The molecule has 1 aliphatic heterocycles. The molecule has 0 bridgehead atoms. The molecule has 1 atom stereocenters. The maximum absolute atomic E-state index is 12.2. The highest BCUT2D eigenvalue weighted by Gasteiger charge is 2.33. The number of ether oxygens (including phenoxy) is 2. The van der Waals surface area contributed by atoms with Crippen LogP contribution in [0, 0.1) is 5.41 Å². The molecule has 0 saturated heterocycles. The molecular weight excluding hydrogens is 298 g/mol. The van der Waals surface area contributed by atoms with Gasteiger partial charge < -0.3 is 19.9 Å². The number of fused-ring (bicyclic) bond motifs is 1. The van der Waals surface area contributed by atoms with Crippen molar-refractivity contribution >= 4 is 23.5 Å². The zero-order chi connectivity index (χ0) is 15.8. The van der Waals surface area contributed by atoms with Crippen molar-refractivity contribution in [2.45, 2.75) is 26.8 Å². The second kappa shape index (κ2) is 5.44. The van der Waals surface area contributed by atoms with Gasteiger partial charge in [0.05, 0.1) is 5.02 Å². The summed E-state index contributed by atoms with van der Waals surface area (Å²) in [5.41, 5.74) is -0.401. The molecule has 0 radical (unpaired) electrons. The molecule has 0 fully saturated rings. The van der Waals surface area contributed by atoms with Gasteiger partial charge in [0, 0.05) is 5.56 Å². The van der Waals surface area contributed by atoms with E-state index in [1.807, 2.05) is 0 Å². The molecule has 21 heavy (non-hydrogen) atoms. The van der Waals surface area contributed by atoms with E-state index in [4.69, 9.17) is 21.1 Å². The number of carbonyl (C=O) groups excluding carboxylic acids is 1. The van der Waals surface area contributed by atoms with Gasteiger partial charge in [0.1, 0.15) is 6.04 Å². The molecule has 0 spiro atoms. The summed E-state index contributed by atoms with van der Waals surface area (Å²) in [6.45, 7) is 5.25. The van der Waals surface area contributed by atoms with Crippen LogP contribution in [0.1, 0.15) is 31.1 Å². The molecule has 0 saturated carbocycles. The van der Waals surface area contributed by atoms with Gasteiger partial charge in [-0.05, 0) is 17.5 Å². The average Bonchev–Trinajstić information content (AvgIpc) is 2.82. The van der Waals surface area contributed by atoms with E-state index in [1.165, 1.54) is 12.1 Å². The van der Waals surface area contributed by atoms with E-state index in [0.29, 0.717) is 11.5 Å². The number of carboxylic acids is 1. The van der Waals surface area contributed by atoms with Crippen molar-refractivity contribution in [1.29, 1.82) is 0 Å². The summed E-state index contributed by atoms with van der Waals surface area (Å²) in [5, 5.41) is 12.0. The van der Waals surface area contributed by atoms with Crippen LogP contribution in [0.2, 0.25) is 5.02 Å². The number of nitrogens with one attached hydrogen (secondary N) is 1. The van der Waals surface area contributed by atoms with Gasteiger partial charge in [0.25, 0.3) is 5.91 Å². The SMILES string of the molecule is CC(C)(C)[C@@H](NC(=O)c1cc(Cl)c2c(c1)OCO2)C(=O)O. The third kappa shape index (κ3) is 3.21. The fourth-order valence-corrected chi connectivity index (χ4v) is 2.23. The molecule has 0 aliphatic carbocycles. The Bertz CT molecular complexity index is 594. The highest BCUT2D eigenvalue weighted by Crippen LogP contribution is 2.39. The summed E-state index contributed by atoms with van der Waals surface area (Å²) in [4.78, 5) is 23.5. The minimum absolute atomic E-state index is 0.0415. The third-order valence-electron chi connectivity index (χ3n) is 3.08. The van der Waals surface area contributed by atoms with E-state index in [-0.39, 0.29) is 17.4 Å². The van der Waals surface area contributed by atoms with Gasteiger partial charge >= 0.3 is 5.97 Å². The fourth-order valence-electron chi connectivity index (χ4n) is 1.96. The first-order valence-electron chi connectivity index (χ1n) is 6.33. The molecule has 2 rings (SSSR count). The van der Waals surface area contributed by atoms with E-state index in [2.05, 4.69) is 5.32 Å². The van der Waals surface area contributed by atoms with Gasteiger partial charge in [-0.1, -0.05) is 32.4 Å². The fraction of sp³-hybridized carbons (Fsp3) is 0.429. The number of halogens is 1. The van der Waals surface area contributed by atoms with Crippen molar-refractivity contribution in [3.05, 3.63) is 22.7 Å². The van der Waals surface area contributed by atoms with E-state index in [0.717, 1.165) is 0 Å². The van der Waals surface area contributed by atoms with Gasteiger partial charge in [-0.2, -0.15) is 0 Å². The van der Waals surface area contributed by atoms with Crippen molar-refractivity contribution in [1.82, 2.24) is 5.32 Å². The molecule has 0 aromatic heterocycles. The molecule has 1 aliphatic rings. The zero-order valence-electron chi connectivity index (χ0n) is 11.9. The number of rotatable bonds is 3. The molecular formula is C14H16ClNO5. The summed E-state index contributed by atoms with van der Waals surface area (Å²) >= 11 is 6.01. The standard InChI is InChI=1S/C14H16ClNO5/c1-14(2,3)11(13(18)19)16-12(17)7-4-8(15)10-9(5-7)20-6-21-10/h4-5,11H,6H2,1-3H3,(H,16,17)(H,18,19)/t11-/m0/s1. The topological polar surface area (TPSA) is 84.9 Å². The highest BCUT2D eigenvalue weighted by molar-refractivity contribution is 6.32. The van der Waals surface area contributed by atoms with Crippen LogP contribution in [0.25, 0.3) is 0 Å². The van der Waals surface area contributed by atoms with Crippen molar-refractivity contribution in [2.75, 3.05) is 6.79 Å². The van der Waals surface area contributed by atoms with E-state index < -0.39 is 23.3 Å². The maximum atomic E-state index is 12.2. The smallest absolute Gasteiger partial charge is 0.326 e. The Morgan fingerprint density at radius 1 is 1.33 bits per heavy atom. The molecule has 7 heteroatoms. The Morgan fingerprint density at radius 3 is 2.57 bits per heavy atom. The Morgan fingerprint density at radius 2 is 2.00 bits per heavy atom. The van der Waals surface area contributed by atoms with Crippen LogP contribution in [0.5, 0.6) is 11.5 Å². The molecule has 2 N–H and O–H groups in total. The Balaban J connectivity index is 2.25. The third-order valence-corrected chi connectivity index (χ3v) is 3.36. The summed E-state index contributed by atoms with van der Waals surface area (Å²) < 4.78 is 10.3. The predicted molar refractivity (Wildman–Crippen MR) is 75.9 cm³/mol. The normalized spacial score (nSPS) is 14.7. The summed E-state index contributed by atoms with van der Waals surface area (Å²) in [6.07, 6.45) is 0. The first-order chi connectivity index (χ1) is 9.70. The number of amides is 1. The van der Waals surface area contributed by atoms with E-state index in [9.17, 15) is 14.7 Å². The summed E-state index contributed by atoms with van der Waals surface area (Å²) in [7, 11) is 0. The number of hydrogen-bond acceptors (Lipinski definition) is 4. The minimum atomic E-state index is -1.09. The van der Waals surface area contributed by atoms with Crippen LogP contribution in [0.15, 0.2) is 12.1 Å². The second-order valence-corrected chi connectivity index (χ2v) is 6.21. The summed E-state index contributed by atoms with van der Waals surface area (Å²) in [6, 6.07) is 1.88. The lowest BCUT2D eigenvalue weighted by atomic mass is 9.86. The molecule has 1 aromatic carbocycles. The lowest BCUT2D eigenvalue weighted by Gasteiger charge is -2.27. The quantitative estimate of drug-likeness (QED) is 0.894. The number of carbonyl (C=O) groups is 2. The van der Waals surface area contributed by atoms with Gasteiger partial charge in [-0.3, -0.25) is 4.79 Å². The van der Waals surface area contributed by atoms with E-state index >= 15 is 0 Å². The molecule has 0 unspecified atom stereocenters. The van der Waals surface area contributed by atoms with Crippen LogP contribution in [0.3, 0.4) is 0 Å². The second-order valence-electron chi connectivity index (χ2n) is 5.80. The van der Waals surface area contributed by atoms with Crippen LogP contribution in [0.4, 0.5) is 0 Å². The van der Waals surface area contributed by atoms with Crippen molar-refractivity contribution < 1.29 is 24.2 Å². The minimum Gasteiger partial charge on any atom is -0.480 e. The van der Waals surface area contributed by atoms with Crippen molar-refractivity contribution in [2.24, 2.45) is 5.41 Å². The number of aliphatic carboxylic acids is 1. The lowest BCUT2D eigenvalue weighted by Crippen LogP contribution is -2.49. The molecule has 1 aromatic rings. The maximum Gasteiger partial charge on any atom is 0.326 e. The van der Waals surface area contributed by atoms with Crippen LogP contribution >= 0.6 is 11.6 Å². The van der Waals surface area contributed by atoms with Crippen molar-refractivity contribution in [3.8, 4) is 11.5 Å². The highest BCUT2D eigenvalue weighted by atomic mass is 35.5. The van der Waals surface area contributed by atoms with Gasteiger partial charge in [-0.25, -0.2) is 4.79 Å². The number of hydrogen-bond donors (Lipinski definition) is 2. The Kier molecular flexibility index (Phi) is 4.00. The Labute approximate surface area is 127 Å². The van der Waals surface area contributed by atoms with Crippen LogP contribution < -0.4 is 14.8 Å². The first-order valence-corrected chi connectivity index (χ1v) is 6.71.